The van der Waals surface area contributed by atoms with Gasteiger partial charge < -0.3 is 13.9 Å². The van der Waals surface area contributed by atoms with E-state index in [4.69, 9.17) is 4.52 Å². The summed E-state index contributed by atoms with van der Waals surface area (Å²) in [6.45, 7) is 6.11. The van der Waals surface area contributed by atoms with E-state index in [1.807, 2.05) is 34.1 Å². The summed E-state index contributed by atoms with van der Waals surface area (Å²) in [7, 11) is 2.30. The largest absolute Gasteiger partial charge is 0.385 e. The molecule has 4 nitrogen and oxygen atoms in total. The van der Waals surface area contributed by atoms with Crippen LogP contribution in [0.15, 0.2) is 12.7 Å². The fraction of sp³-hybridized carbons (Fsp3) is 0.909. The van der Waals surface area contributed by atoms with Crippen LogP contribution in [0.2, 0.25) is 0 Å². The highest BCUT2D eigenvalue weighted by Gasteiger charge is 2.41. The second kappa shape index (κ2) is 15.7. The van der Waals surface area contributed by atoms with Crippen LogP contribution in [0.25, 0.3) is 0 Å². The number of unbranched alkanes of at least 4 members (excludes halogenated alkanes) is 12. The maximum atomic E-state index is 12.4. The van der Waals surface area contributed by atoms with Crippen LogP contribution in [0, 0.1) is 0 Å². The molecule has 2 unspecified atom stereocenters. The molecule has 0 aliphatic heterocycles. The molecule has 2 atom stereocenters. The number of hydrogen-bond donors (Lipinski definition) is 1. The zero-order valence-corrected chi connectivity index (χ0v) is 19.5. The van der Waals surface area contributed by atoms with Crippen LogP contribution < -0.4 is 0 Å². The normalized spacial score (nSPS) is 15.4. The maximum absolute atomic E-state index is 12.4. The Morgan fingerprint density at radius 3 is 1.67 bits per heavy atom. The summed E-state index contributed by atoms with van der Waals surface area (Å²) < 4.78 is 18.3. The molecule has 0 amide bonds. The lowest BCUT2D eigenvalue weighted by molar-refractivity contribution is -0.883. The van der Waals surface area contributed by atoms with Crippen LogP contribution >= 0.6 is 7.60 Å². The molecule has 0 saturated carbocycles. The van der Waals surface area contributed by atoms with Crippen LogP contribution in [0.4, 0.5) is 0 Å². The van der Waals surface area contributed by atoms with Gasteiger partial charge in [-0.25, -0.2) is 0 Å². The van der Waals surface area contributed by atoms with Gasteiger partial charge in [0.2, 0.25) is 0 Å². The lowest BCUT2D eigenvalue weighted by Gasteiger charge is -2.35. The summed E-state index contributed by atoms with van der Waals surface area (Å²) in [5.41, 5.74) is 0. The summed E-state index contributed by atoms with van der Waals surface area (Å²) in [6.07, 6.45) is 19.1. The highest BCUT2D eigenvalue weighted by atomic mass is 31.2. The molecular formula is C22H47NO3P+. The summed E-state index contributed by atoms with van der Waals surface area (Å²) in [5, 5.41) is 0. The van der Waals surface area contributed by atoms with Gasteiger partial charge in [0.1, 0.15) is 0 Å². The molecule has 0 aliphatic carbocycles. The van der Waals surface area contributed by atoms with Gasteiger partial charge in [0, 0.05) is 6.42 Å². The fourth-order valence-electron chi connectivity index (χ4n) is 3.66. The molecule has 0 aromatic carbocycles. The van der Waals surface area contributed by atoms with Crippen molar-refractivity contribution in [3.05, 3.63) is 12.7 Å². The molecule has 0 aromatic heterocycles. The molecule has 0 fully saturated rings. The first-order valence-electron chi connectivity index (χ1n) is 11.1. The quantitative estimate of drug-likeness (QED) is 0.110. The Morgan fingerprint density at radius 1 is 0.889 bits per heavy atom. The highest BCUT2D eigenvalue weighted by Crippen LogP contribution is 2.51. The Bertz CT molecular complexity index is 407. The maximum Gasteiger partial charge on any atom is 0.385 e. The van der Waals surface area contributed by atoms with Crippen LogP contribution in [-0.2, 0) is 9.09 Å². The lowest BCUT2D eigenvalue weighted by atomic mass is 10.0. The van der Waals surface area contributed by atoms with Gasteiger partial charge in [0.05, 0.1) is 27.7 Å². The van der Waals surface area contributed by atoms with E-state index < -0.39 is 7.60 Å². The van der Waals surface area contributed by atoms with Gasteiger partial charge in [-0.05, 0) is 19.3 Å². The molecule has 0 aliphatic rings. The van der Waals surface area contributed by atoms with Gasteiger partial charge in [-0.2, -0.15) is 0 Å². The smallest absolute Gasteiger partial charge is 0.320 e. The van der Waals surface area contributed by atoms with E-state index in [-0.39, 0.29) is 5.78 Å². The Hall–Kier alpha value is -0.150. The third kappa shape index (κ3) is 14.5. The number of rotatable bonds is 19. The summed E-state index contributed by atoms with van der Waals surface area (Å²) in [4.78, 5) is 10.2. The summed E-state index contributed by atoms with van der Waals surface area (Å²) >= 11 is 0. The molecule has 0 aromatic rings. The second-order valence-electron chi connectivity index (χ2n) is 8.72. The van der Waals surface area contributed by atoms with Crippen molar-refractivity contribution in [2.75, 3.05) is 27.7 Å². The molecular weight excluding hydrogens is 357 g/mol. The molecule has 0 heterocycles. The number of quaternary nitrogens is 1. The predicted molar refractivity (Wildman–Crippen MR) is 118 cm³/mol. The third-order valence-electron chi connectivity index (χ3n) is 5.21. The average molecular weight is 405 g/mol. The monoisotopic (exact) mass is 404 g/mol. The van der Waals surface area contributed by atoms with E-state index in [1.165, 1.54) is 64.2 Å². The van der Waals surface area contributed by atoms with Gasteiger partial charge in [0.15, 0.2) is 5.78 Å². The molecule has 1 N–H and O–H groups in total. The van der Waals surface area contributed by atoms with Crippen LogP contribution in [-0.4, -0.2) is 42.9 Å². The molecule has 5 heteroatoms. The minimum absolute atomic E-state index is 0.348. The van der Waals surface area contributed by atoms with Crippen molar-refractivity contribution in [1.82, 2.24) is 0 Å². The highest BCUT2D eigenvalue weighted by molar-refractivity contribution is 7.53. The van der Waals surface area contributed by atoms with E-state index in [2.05, 4.69) is 6.58 Å². The van der Waals surface area contributed by atoms with Gasteiger partial charge in [-0.15, -0.1) is 6.58 Å². The number of allylic oxidation sites excluding steroid dienone is 1. The van der Waals surface area contributed by atoms with E-state index in [1.54, 1.807) is 0 Å². The Balaban J connectivity index is 3.52. The van der Waals surface area contributed by atoms with Crippen molar-refractivity contribution in [3.8, 4) is 0 Å². The van der Waals surface area contributed by atoms with Gasteiger partial charge >= 0.3 is 7.60 Å². The van der Waals surface area contributed by atoms with Crippen molar-refractivity contribution < 1.29 is 18.5 Å². The third-order valence-corrected chi connectivity index (χ3v) is 7.58. The first-order chi connectivity index (χ1) is 12.8. The topological polar surface area (TPSA) is 46.5 Å². The van der Waals surface area contributed by atoms with E-state index in [0.717, 1.165) is 19.3 Å². The minimum atomic E-state index is -3.54. The Morgan fingerprint density at radius 2 is 1.30 bits per heavy atom. The van der Waals surface area contributed by atoms with E-state index in [9.17, 15) is 9.46 Å². The van der Waals surface area contributed by atoms with Crippen molar-refractivity contribution in [3.63, 3.8) is 0 Å². The van der Waals surface area contributed by atoms with Crippen molar-refractivity contribution in [2.45, 2.75) is 103 Å². The van der Waals surface area contributed by atoms with Gasteiger partial charge in [0.25, 0.3) is 0 Å². The van der Waals surface area contributed by atoms with Gasteiger partial charge in [-0.3, -0.25) is 4.57 Å². The van der Waals surface area contributed by atoms with E-state index >= 15 is 0 Å². The summed E-state index contributed by atoms with van der Waals surface area (Å²) in [5.74, 6) is -0.348. The van der Waals surface area contributed by atoms with Crippen molar-refractivity contribution in [2.24, 2.45) is 0 Å². The number of hydrogen-bond acceptors (Lipinski definition) is 2. The first kappa shape index (κ1) is 26.9. The van der Waals surface area contributed by atoms with Gasteiger partial charge in [-0.1, -0.05) is 77.2 Å². The van der Waals surface area contributed by atoms with E-state index in [0.29, 0.717) is 17.5 Å². The minimum Gasteiger partial charge on any atom is -0.320 e. The molecule has 27 heavy (non-hydrogen) atoms. The van der Waals surface area contributed by atoms with Crippen molar-refractivity contribution >= 4 is 7.60 Å². The molecule has 0 spiro atoms. The van der Waals surface area contributed by atoms with Crippen molar-refractivity contribution in [1.29, 1.82) is 0 Å². The lowest BCUT2D eigenvalue weighted by Crippen LogP contribution is -2.44. The molecule has 0 radical (unpaired) electrons. The van der Waals surface area contributed by atoms with Crippen LogP contribution in [0.5, 0.6) is 0 Å². The average Bonchev–Trinajstić information content (AvgIpc) is 2.57. The Kier molecular flexibility index (Phi) is 15.6. The first-order valence-corrected chi connectivity index (χ1v) is 12.8. The zero-order valence-electron chi connectivity index (χ0n) is 18.6. The number of nitrogens with zero attached hydrogens (tertiary/aromatic N) is 1. The molecule has 0 saturated heterocycles. The molecule has 162 valence electrons. The molecule has 0 bridgehead atoms. The SMILES string of the molecule is C=CCCCCCCCCCCCCCCOP(=O)(O)C(CC)[N+](C)(C)C. The zero-order chi connectivity index (χ0) is 20.6. The predicted octanol–water partition coefficient (Wildman–Crippen LogP) is 6.89. The second-order valence-corrected chi connectivity index (χ2v) is 10.7. The fourth-order valence-corrected chi connectivity index (χ4v) is 5.56. The van der Waals surface area contributed by atoms with Crippen LogP contribution in [0.1, 0.15) is 96.8 Å². The Labute approximate surface area is 169 Å². The summed E-state index contributed by atoms with van der Waals surface area (Å²) in [6, 6.07) is 0. The van der Waals surface area contributed by atoms with Crippen LogP contribution in [0.3, 0.4) is 0 Å². The standard InChI is InChI=1S/C22H46NO3P/c1-6-8-9-10-11-12-13-14-15-16-17-18-19-20-21-26-27(24,25)22(7-2)23(3,4)5/h6,22H,1,7-21H2,2-5H3/p+1. The molecule has 0 rings (SSSR count).